The van der Waals surface area contributed by atoms with E-state index in [1.54, 1.807) is 24.3 Å². The molecular weight excluding hydrogens is 264 g/mol. The van der Waals surface area contributed by atoms with E-state index in [-0.39, 0.29) is 5.56 Å². The van der Waals surface area contributed by atoms with Gasteiger partial charge in [0.15, 0.2) is 0 Å². The Balaban J connectivity index is 2.45. The predicted molar refractivity (Wildman–Crippen MR) is 75.6 cm³/mol. The number of halogens is 1. The Bertz CT molecular complexity index is 641. The minimum atomic E-state index is -0.584. The molecule has 0 unspecified atom stereocenters. The third-order valence-electron chi connectivity index (χ3n) is 2.58. The molecule has 0 aliphatic carbocycles. The zero-order valence-electron chi connectivity index (χ0n) is 10.3. The lowest BCUT2D eigenvalue weighted by Crippen LogP contribution is -2.12. The van der Waals surface area contributed by atoms with Crippen LogP contribution in [0, 0.1) is 6.92 Å². The van der Waals surface area contributed by atoms with Crippen molar-refractivity contribution in [2.75, 3.05) is 5.73 Å². The van der Waals surface area contributed by atoms with E-state index >= 15 is 0 Å². The largest absolute Gasteiger partial charge is 0.455 e. The molecule has 0 aliphatic heterocycles. The van der Waals surface area contributed by atoms with Crippen molar-refractivity contribution in [3.8, 4) is 11.5 Å². The number of anilines is 1. The number of carbonyl (C=O) groups excluding carboxylic acids is 1. The number of primary amides is 1. The Kier molecular flexibility index (Phi) is 3.62. The summed E-state index contributed by atoms with van der Waals surface area (Å²) in [4.78, 5) is 11.3. The van der Waals surface area contributed by atoms with Crippen LogP contribution >= 0.6 is 11.6 Å². The number of aryl methyl sites for hydroxylation is 1. The first-order chi connectivity index (χ1) is 8.97. The SMILES string of the molecule is Cc1ccc(Cl)c(Oc2cc(N)ccc2C(N)=O)c1. The van der Waals surface area contributed by atoms with Crippen molar-refractivity contribution in [1.29, 1.82) is 0 Å². The topological polar surface area (TPSA) is 78.3 Å². The molecule has 98 valence electrons. The molecule has 4 nitrogen and oxygen atoms in total. The lowest BCUT2D eigenvalue weighted by Gasteiger charge is -2.11. The molecule has 0 heterocycles. The zero-order valence-corrected chi connectivity index (χ0v) is 11.1. The highest BCUT2D eigenvalue weighted by Crippen LogP contribution is 2.32. The normalized spacial score (nSPS) is 10.2. The number of rotatable bonds is 3. The van der Waals surface area contributed by atoms with Crippen molar-refractivity contribution < 1.29 is 9.53 Å². The second-order valence-electron chi connectivity index (χ2n) is 4.16. The van der Waals surface area contributed by atoms with Crippen LogP contribution in [-0.4, -0.2) is 5.91 Å². The van der Waals surface area contributed by atoms with Crippen LogP contribution in [0.15, 0.2) is 36.4 Å². The Morgan fingerprint density at radius 3 is 2.58 bits per heavy atom. The van der Waals surface area contributed by atoms with Gasteiger partial charge in [0.05, 0.1) is 10.6 Å². The molecule has 0 saturated carbocycles. The van der Waals surface area contributed by atoms with Gasteiger partial charge < -0.3 is 16.2 Å². The zero-order chi connectivity index (χ0) is 14.0. The van der Waals surface area contributed by atoms with Gasteiger partial charge in [-0.05, 0) is 36.8 Å². The Labute approximate surface area is 115 Å². The molecule has 0 saturated heterocycles. The van der Waals surface area contributed by atoms with Crippen LogP contribution in [0.3, 0.4) is 0 Å². The summed E-state index contributed by atoms with van der Waals surface area (Å²) in [5, 5.41) is 0.448. The molecule has 2 aromatic rings. The Morgan fingerprint density at radius 1 is 1.16 bits per heavy atom. The minimum absolute atomic E-state index is 0.256. The van der Waals surface area contributed by atoms with E-state index in [9.17, 15) is 4.79 Å². The van der Waals surface area contributed by atoms with Gasteiger partial charge in [0.25, 0.3) is 5.91 Å². The molecule has 0 aliphatic rings. The summed E-state index contributed by atoms with van der Waals surface area (Å²) in [6.07, 6.45) is 0. The van der Waals surface area contributed by atoms with E-state index < -0.39 is 5.91 Å². The van der Waals surface area contributed by atoms with E-state index in [1.165, 1.54) is 6.07 Å². The van der Waals surface area contributed by atoms with E-state index in [0.29, 0.717) is 22.2 Å². The van der Waals surface area contributed by atoms with Crippen LogP contribution in [0.2, 0.25) is 5.02 Å². The molecule has 4 N–H and O–H groups in total. The van der Waals surface area contributed by atoms with Crippen molar-refractivity contribution in [3.63, 3.8) is 0 Å². The van der Waals surface area contributed by atoms with Crippen LogP contribution in [0.4, 0.5) is 5.69 Å². The second kappa shape index (κ2) is 5.20. The van der Waals surface area contributed by atoms with Gasteiger partial charge in [-0.15, -0.1) is 0 Å². The van der Waals surface area contributed by atoms with E-state index in [0.717, 1.165) is 5.56 Å². The summed E-state index contributed by atoms with van der Waals surface area (Å²) in [5.74, 6) is 0.161. The van der Waals surface area contributed by atoms with Gasteiger partial charge in [-0.1, -0.05) is 17.7 Å². The van der Waals surface area contributed by atoms with E-state index in [4.69, 9.17) is 27.8 Å². The fourth-order valence-electron chi connectivity index (χ4n) is 1.63. The fourth-order valence-corrected chi connectivity index (χ4v) is 1.79. The smallest absolute Gasteiger partial charge is 0.252 e. The predicted octanol–water partition coefficient (Wildman–Crippen LogP) is 3.12. The monoisotopic (exact) mass is 276 g/mol. The molecule has 0 aromatic heterocycles. The first kappa shape index (κ1) is 13.2. The van der Waals surface area contributed by atoms with Gasteiger partial charge in [-0.2, -0.15) is 0 Å². The summed E-state index contributed by atoms with van der Waals surface area (Å²) >= 11 is 6.05. The lowest BCUT2D eigenvalue weighted by molar-refractivity contribution is 0.0998. The molecule has 1 amide bonds. The molecule has 0 fully saturated rings. The lowest BCUT2D eigenvalue weighted by atomic mass is 10.1. The summed E-state index contributed by atoms with van der Waals surface area (Å²) in [6.45, 7) is 1.91. The maximum Gasteiger partial charge on any atom is 0.252 e. The van der Waals surface area contributed by atoms with E-state index in [1.807, 2.05) is 13.0 Å². The Hall–Kier alpha value is -2.20. The summed E-state index contributed by atoms with van der Waals surface area (Å²) in [5.41, 5.74) is 12.7. The fraction of sp³-hybridized carbons (Fsp3) is 0.0714. The number of hydrogen-bond donors (Lipinski definition) is 2. The van der Waals surface area contributed by atoms with Crippen molar-refractivity contribution in [2.24, 2.45) is 5.73 Å². The molecule has 0 atom stereocenters. The van der Waals surface area contributed by atoms with Crippen molar-refractivity contribution >= 4 is 23.2 Å². The van der Waals surface area contributed by atoms with Gasteiger partial charge in [0.1, 0.15) is 11.5 Å². The van der Waals surface area contributed by atoms with Crippen molar-refractivity contribution in [1.82, 2.24) is 0 Å². The highest BCUT2D eigenvalue weighted by Gasteiger charge is 2.12. The van der Waals surface area contributed by atoms with Crippen LogP contribution in [-0.2, 0) is 0 Å². The second-order valence-corrected chi connectivity index (χ2v) is 4.56. The van der Waals surface area contributed by atoms with Crippen LogP contribution in [0.5, 0.6) is 11.5 Å². The third kappa shape index (κ3) is 2.98. The van der Waals surface area contributed by atoms with Crippen LogP contribution in [0.1, 0.15) is 15.9 Å². The highest BCUT2D eigenvalue weighted by molar-refractivity contribution is 6.32. The molecule has 0 bridgehead atoms. The average molecular weight is 277 g/mol. The molecule has 19 heavy (non-hydrogen) atoms. The maximum absolute atomic E-state index is 11.3. The first-order valence-electron chi connectivity index (χ1n) is 5.60. The number of ether oxygens (including phenoxy) is 1. The number of nitrogen functional groups attached to an aromatic ring is 1. The van der Waals surface area contributed by atoms with Gasteiger partial charge in [-0.25, -0.2) is 0 Å². The molecule has 5 heteroatoms. The van der Waals surface area contributed by atoms with Crippen LogP contribution in [0.25, 0.3) is 0 Å². The van der Waals surface area contributed by atoms with Crippen LogP contribution < -0.4 is 16.2 Å². The minimum Gasteiger partial charge on any atom is -0.455 e. The molecule has 2 aromatic carbocycles. The maximum atomic E-state index is 11.3. The standard InChI is InChI=1S/C14H13ClN2O2/c1-8-2-5-11(15)13(6-8)19-12-7-9(16)3-4-10(12)14(17)18/h2-7H,16H2,1H3,(H2,17,18). The highest BCUT2D eigenvalue weighted by atomic mass is 35.5. The summed E-state index contributed by atoms with van der Waals surface area (Å²) in [6, 6.07) is 10.0. The molecule has 0 radical (unpaired) electrons. The number of nitrogens with two attached hydrogens (primary N) is 2. The molecular formula is C14H13ClN2O2. The van der Waals surface area contributed by atoms with E-state index in [2.05, 4.69) is 0 Å². The number of benzene rings is 2. The quantitative estimate of drug-likeness (QED) is 0.846. The molecule has 0 spiro atoms. The Morgan fingerprint density at radius 2 is 1.89 bits per heavy atom. The summed E-state index contributed by atoms with van der Waals surface area (Å²) in [7, 11) is 0. The number of hydrogen-bond acceptors (Lipinski definition) is 3. The van der Waals surface area contributed by atoms with Gasteiger partial charge in [0.2, 0.25) is 0 Å². The van der Waals surface area contributed by atoms with Gasteiger partial charge in [-0.3, -0.25) is 4.79 Å². The first-order valence-corrected chi connectivity index (χ1v) is 5.98. The van der Waals surface area contributed by atoms with Crippen molar-refractivity contribution in [3.05, 3.63) is 52.5 Å². The van der Waals surface area contributed by atoms with Gasteiger partial charge >= 0.3 is 0 Å². The molecule has 2 rings (SSSR count). The number of carbonyl (C=O) groups is 1. The number of amides is 1. The van der Waals surface area contributed by atoms with Gasteiger partial charge in [0, 0.05) is 11.8 Å². The average Bonchev–Trinajstić information content (AvgIpc) is 2.33. The third-order valence-corrected chi connectivity index (χ3v) is 2.89. The summed E-state index contributed by atoms with van der Waals surface area (Å²) < 4.78 is 5.65. The van der Waals surface area contributed by atoms with Crippen molar-refractivity contribution in [2.45, 2.75) is 6.92 Å².